The molecule has 1 aliphatic rings. The van der Waals surface area contributed by atoms with Gasteiger partial charge in [0.05, 0.1) is 10.6 Å². The molecule has 3 aromatic rings. The highest BCUT2D eigenvalue weighted by Crippen LogP contribution is 2.38. The maximum absolute atomic E-state index is 13.1. The third-order valence-corrected chi connectivity index (χ3v) is 6.46. The number of amides is 1. The lowest BCUT2D eigenvalue weighted by Gasteiger charge is -2.12. The molecule has 152 valence electrons. The Balaban J connectivity index is 1.59. The van der Waals surface area contributed by atoms with Crippen molar-refractivity contribution in [3.8, 4) is 5.75 Å². The van der Waals surface area contributed by atoms with Crippen molar-refractivity contribution in [1.29, 1.82) is 0 Å². The second-order valence-corrected chi connectivity index (χ2v) is 8.47. The number of hydrogen-bond acceptors (Lipinski definition) is 5. The van der Waals surface area contributed by atoms with Crippen molar-refractivity contribution < 1.29 is 17.9 Å². The predicted molar refractivity (Wildman–Crippen MR) is 116 cm³/mol. The third-order valence-electron chi connectivity index (χ3n) is 4.60. The predicted octanol–water partition coefficient (Wildman–Crippen LogP) is 3.45. The van der Waals surface area contributed by atoms with E-state index in [0.29, 0.717) is 24.4 Å². The van der Waals surface area contributed by atoms with Gasteiger partial charge in [-0.3, -0.25) is 4.79 Å². The zero-order valence-electron chi connectivity index (χ0n) is 16.0. The number of nitrogens with one attached hydrogen (secondary N) is 2. The Labute approximate surface area is 175 Å². The van der Waals surface area contributed by atoms with Gasteiger partial charge in [-0.1, -0.05) is 54.6 Å². The van der Waals surface area contributed by atoms with E-state index in [9.17, 15) is 13.2 Å². The highest BCUT2D eigenvalue weighted by atomic mass is 32.2. The lowest BCUT2D eigenvalue weighted by atomic mass is 10.1. The van der Waals surface area contributed by atoms with Crippen LogP contribution in [0.25, 0.3) is 5.70 Å². The van der Waals surface area contributed by atoms with Crippen LogP contribution >= 0.6 is 0 Å². The van der Waals surface area contributed by atoms with Crippen molar-refractivity contribution in [3.05, 3.63) is 95.4 Å². The molecule has 1 heterocycles. The van der Waals surface area contributed by atoms with E-state index in [1.165, 1.54) is 6.07 Å². The largest absolute Gasteiger partial charge is 0.492 e. The van der Waals surface area contributed by atoms with Gasteiger partial charge in [-0.2, -0.15) is 0 Å². The molecule has 3 aromatic carbocycles. The first-order valence-corrected chi connectivity index (χ1v) is 10.9. The van der Waals surface area contributed by atoms with Crippen LogP contribution in [0.15, 0.2) is 94.7 Å². The van der Waals surface area contributed by atoms with E-state index in [-0.39, 0.29) is 15.5 Å². The van der Waals surface area contributed by atoms with E-state index in [4.69, 9.17) is 4.74 Å². The van der Waals surface area contributed by atoms with E-state index in [0.717, 1.165) is 5.75 Å². The topological polar surface area (TPSA) is 84.5 Å². The Morgan fingerprint density at radius 3 is 2.20 bits per heavy atom. The molecule has 4 rings (SSSR count). The van der Waals surface area contributed by atoms with Crippen LogP contribution in [0.1, 0.15) is 5.56 Å². The van der Waals surface area contributed by atoms with Crippen LogP contribution < -0.4 is 15.4 Å². The molecule has 0 saturated heterocycles. The summed E-state index contributed by atoms with van der Waals surface area (Å²) in [7, 11) is -3.94. The molecule has 0 aromatic heterocycles. The summed E-state index contributed by atoms with van der Waals surface area (Å²) in [4.78, 5) is 12.8. The molecule has 0 atom stereocenters. The number of anilines is 1. The molecule has 1 amide bonds. The van der Waals surface area contributed by atoms with Crippen LogP contribution in [0.2, 0.25) is 0 Å². The maximum atomic E-state index is 13.1. The molecule has 1 aliphatic heterocycles. The Hall–Kier alpha value is -3.58. The summed E-state index contributed by atoms with van der Waals surface area (Å²) >= 11 is 0. The van der Waals surface area contributed by atoms with Crippen LogP contribution in [0.4, 0.5) is 5.69 Å². The number of carbonyl (C=O) groups excluding carboxylic acids is 1. The fourth-order valence-electron chi connectivity index (χ4n) is 3.26. The molecule has 0 saturated carbocycles. The third kappa shape index (κ3) is 3.92. The summed E-state index contributed by atoms with van der Waals surface area (Å²) in [5.74, 6) is 0.0404. The summed E-state index contributed by atoms with van der Waals surface area (Å²) in [5, 5.41) is 5.77. The number of fused-ring (bicyclic) bond motifs is 1. The average Bonchev–Trinajstić information content (AvgIpc) is 2.99. The van der Waals surface area contributed by atoms with E-state index in [1.54, 1.807) is 42.5 Å². The smallest absolute Gasteiger partial charge is 0.269 e. The van der Waals surface area contributed by atoms with E-state index >= 15 is 0 Å². The number of sulfone groups is 1. The minimum absolute atomic E-state index is 0.120. The monoisotopic (exact) mass is 420 g/mol. The second kappa shape index (κ2) is 8.42. The zero-order chi connectivity index (χ0) is 21.0. The van der Waals surface area contributed by atoms with E-state index in [2.05, 4.69) is 10.6 Å². The number of ether oxygens (including phenoxy) is 1. The highest BCUT2D eigenvalue weighted by molar-refractivity contribution is 7.97. The maximum Gasteiger partial charge on any atom is 0.269 e. The van der Waals surface area contributed by atoms with Crippen molar-refractivity contribution in [1.82, 2.24) is 5.32 Å². The van der Waals surface area contributed by atoms with Gasteiger partial charge < -0.3 is 15.4 Å². The summed E-state index contributed by atoms with van der Waals surface area (Å²) in [6, 6.07) is 24.7. The van der Waals surface area contributed by atoms with Gasteiger partial charge in [-0.05, 0) is 30.3 Å². The van der Waals surface area contributed by atoms with Gasteiger partial charge in [0.2, 0.25) is 9.84 Å². The average molecular weight is 420 g/mol. The quantitative estimate of drug-likeness (QED) is 0.572. The minimum atomic E-state index is -3.94. The van der Waals surface area contributed by atoms with E-state index in [1.807, 2.05) is 36.4 Å². The number of hydrogen-bond donors (Lipinski definition) is 2. The summed E-state index contributed by atoms with van der Waals surface area (Å²) in [6.07, 6.45) is 0. The zero-order valence-corrected chi connectivity index (χ0v) is 16.9. The lowest BCUT2D eigenvalue weighted by Crippen LogP contribution is -2.25. The van der Waals surface area contributed by atoms with Crippen molar-refractivity contribution >= 4 is 27.1 Å². The Morgan fingerprint density at radius 2 is 1.47 bits per heavy atom. The Bertz CT molecular complexity index is 1190. The number of benzene rings is 3. The van der Waals surface area contributed by atoms with Gasteiger partial charge in [0.15, 0.2) is 4.91 Å². The van der Waals surface area contributed by atoms with Crippen molar-refractivity contribution in [2.75, 3.05) is 18.5 Å². The summed E-state index contributed by atoms with van der Waals surface area (Å²) in [5.41, 5.74) is 1.29. The van der Waals surface area contributed by atoms with Gasteiger partial charge in [0.25, 0.3) is 5.91 Å². The Morgan fingerprint density at radius 1 is 0.833 bits per heavy atom. The number of rotatable bonds is 7. The normalized spacial score (nSPS) is 14.1. The molecule has 0 spiro atoms. The molecule has 0 fully saturated rings. The SMILES string of the molecule is O=C(Nc1ccccc1)C1=C(NCCOc2ccccc2)c2ccccc2S1(=O)=O. The lowest BCUT2D eigenvalue weighted by molar-refractivity contribution is -0.112. The standard InChI is InChI=1S/C23H20N2O4S/c26-23(25-17-9-3-1-4-10-17)22-21(19-13-7-8-14-20(19)30(22,27)28)24-15-16-29-18-11-5-2-6-12-18/h1-14,24H,15-16H2,(H,25,26). The molecule has 0 aliphatic carbocycles. The number of para-hydroxylation sites is 2. The van der Waals surface area contributed by atoms with Crippen LogP contribution in [0.5, 0.6) is 5.75 Å². The van der Waals surface area contributed by atoms with Gasteiger partial charge in [-0.15, -0.1) is 0 Å². The van der Waals surface area contributed by atoms with Crippen LogP contribution in [-0.2, 0) is 14.6 Å². The van der Waals surface area contributed by atoms with Crippen molar-refractivity contribution in [2.24, 2.45) is 0 Å². The Kier molecular flexibility index (Phi) is 5.54. The van der Waals surface area contributed by atoms with Crippen molar-refractivity contribution in [3.63, 3.8) is 0 Å². The van der Waals surface area contributed by atoms with Crippen LogP contribution in [0, 0.1) is 0 Å². The fraction of sp³-hybridized carbons (Fsp3) is 0.0870. The molecule has 0 unspecified atom stereocenters. The van der Waals surface area contributed by atoms with Gasteiger partial charge in [-0.25, -0.2) is 8.42 Å². The molecule has 6 nitrogen and oxygen atoms in total. The first kappa shape index (κ1) is 19.7. The molecule has 0 bridgehead atoms. The molecule has 7 heteroatoms. The van der Waals surface area contributed by atoms with Crippen molar-refractivity contribution in [2.45, 2.75) is 4.90 Å². The van der Waals surface area contributed by atoms with E-state index < -0.39 is 15.7 Å². The fourth-order valence-corrected chi connectivity index (χ4v) is 4.94. The van der Waals surface area contributed by atoms with Crippen LogP contribution in [-0.4, -0.2) is 27.5 Å². The highest BCUT2D eigenvalue weighted by Gasteiger charge is 2.39. The van der Waals surface area contributed by atoms with Crippen LogP contribution in [0.3, 0.4) is 0 Å². The first-order valence-electron chi connectivity index (χ1n) is 9.44. The summed E-state index contributed by atoms with van der Waals surface area (Å²) in [6.45, 7) is 0.638. The first-order chi connectivity index (χ1) is 14.6. The van der Waals surface area contributed by atoms with Gasteiger partial charge in [0.1, 0.15) is 12.4 Å². The molecular formula is C23H20N2O4S. The molecule has 30 heavy (non-hydrogen) atoms. The number of carbonyl (C=O) groups is 1. The van der Waals surface area contributed by atoms with Gasteiger partial charge >= 0.3 is 0 Å². The molecule has 2 N–H and O–H groups in total. The van der Waals surface area contributed by atoms with Gasteiger partial charge in [0, 0.05) is 17.8 Å². The second-order valence-electron chi connectivity index (χ2n) is 6.61. The minimum Gasteiger partial charge on any atom is -0.492 e. The summed E-state index contributed by atoms with van der Waals surface area (Å²) < 4.78 is 31.8. The molecule has 0 radical (unpaired) electrons. The molecular weight excluding hydrogens is 400 g/mol.